The molecule has 1 saturated heterocycles. The minimum absolute atomic E-state index is 0.265. The van der Waals surface area contributed by atoms with Gasteiger partial charge in [-0.1, -0.05) is 48.0 Å². The SMILES string of the molecule is Cc1c(/C=C2\SC(=O)N(CC(=O)Nc3ccc4c(c3)OCCO4)C2=O)c2ccccc2n1Cc1ccccc1Cl. The Morgan fingerprint density at radius 3 is 2.60 bits per heavy atom. The summed E-state index contributed by atoms with van der Waals surface area (Å²) in [6.07, 6.45) is 1.74. The van der Waals surface area contributed by atoms with Gasteiger partial charge in [0.1, 0.15) is 19.8 Å². The van der Waals surface area contributed by atoms with Gasteiger partial charge < -0.3 is 19.4 Å². The van der Waals surface area contributed by atoms with E-state index in [-0.39, 0.29) is 4.91 Å². The Morgan fingerprint density at radius 1 is 1.02 bits per heavy atom. The van der Waals surface area contributed by atoms with Crippen molar-refractivity contribution in [3.63, 3.8) is 0 Å². The van der Waals surface area contributed by atoms with E-state index < -0.39 is 23.6 Å². The summed E-state index contributed by atoms with van der Waals surface area (Å²) in [6, 6.07) is 20.6. The van der Waals surface area contributed by atoms with Crippen LogP contribution in [-0.4, -0.2) is 46.3 Å². The van der Waals surface area contributed by atoms with Crippen LogP contribution in [0.2, 0.25) is 5.02 Å². The van der Waals surface area contributed by atoms with Gasteiger partial charge in [-0.2, -0.15) is 0 Å². The number of imide groups is 1. The number of hydrogen-bond acceptors (Lipinski definition) is 6. The molecule has 3 aromatic carbocycles. The highest BCUT2D eigenvalue weighted by Crippen LogP contribution is 2.36. The molecule has 0 aliphatic carbocycles. The molecule has 0 unspecified atom stereocenters. The van der Waals surface area contributed by atoms with Crippen molar-refractivity contribution in [3.8, 4) is 11.5 Å². The van der Waals surface area contributed by atoms with E-state index in [0.29, 0.717) is 42.0 Å². The molecule has 3 amide bonds. The Bertz CT molecular complexity index is 1710. The number of fused-ring (bicyclic) bond motifs is 2. The maximum Gasteiger partial charge on any atom is 0.294 e. The van der Waals surface area contributed by atoms with E-state index in [4.69, 9.17) is 21.1 Å². The van der Waals surface area contributed by atoms with Crippen LogP contribution in [0.3, 0.4) is 0 Å². The fraction of sp³-hybridized carbons (Fsp3) is 0.167. The first-order valence-electron chi connectivity index (χ1n) is 12.6. The molecule has 1 N–H and O–H groups in total. The first kappa shape index (κ1) is 26.0. The summed E-state index contributed by atoms with van der Waals surface area (Å²) in [7, 11) is 0. The van der Waals surface area contributed by atoms with Gasteiger partial charge in [-0.3, -0.25) is 19.3 Å². The van der Waals surface area contributed by atoms with Crippen LogP contribution in [0, 0.1) is 6.92 Å². The number of para-hydroxylation sites is 1. The third kappa shape index (κ3) is 4.94. The van der Waals surface area contributed by atoms with E-state index in [1.165, 1.54) is 0 Å². The zero-order valence-electron chi connectivity index (χ0n) is 21.5. The highest BCUT2D eigenvalue weighted by molar-refractivity contribution is 8.18. The van der Waals surface area contributed by atoms with Crippen molar-refractivity contribution in [3.05, 3.63) is 93.5 Å². The third-order valence-corrected chi connectivity index (χ3v) is 8.12. The van der Waals surface area contributed by atoms with Crippen molar-refractivity contribution in [1.29, 1.82) is 0 Å². The van der Waals surface area contributed by atoms with Crippen LogP contribution >= 0.6 is 23.4 Å². The number of rotatable bonds is 6. The fourth-order valence-electron chi connectivity index (χ4n) is 4.87. The molecule has 0 bridgehead atoms. The topological polar surface area (TPSA) is 89.9 Å². The molecule has 10 heteroatoms. The number of aromatic nitrogens is 1. The molecule has 1 aromatic heterocycles. The summed E-state index contributed by atoms with van der Waals surface area (Å²) >= 11 is 7.26. The molecule has 202 valence electrons. The number of carbonyl (C=O) groups is 3. The predicted molar refractivity (Wildman–Crippen MR) is 156 cm³/mol. The van der Waals surface area contributed by atoms with Crippen LogP contribution in [0.5, 0.6) is 11.5 Å². The van der Waals surface area contributed by atoms with E-state index >= 15 is 0 Å². The molecule has 2 aliphatic rings. The number of halogens is 1. The molecule has 0 saturated carbocycles. The lowest BCUT2D eigenvalue weighted by atomic mass is 10.1. The number of hydrogen-bond donors (Lipinski definition) is 1. The van der Waals surface area contributed by atoms with Gasteiger partial charge in [-0.25, -0.2) is 0 Å². The number of amides is 3. The van der Waals surface area contributed by atoms with Gasteiger partial charge in [0.15, 0.2) is 11.5 Å². The quantitative estimate of drug-likeness (QED) is 0.280. The predicted octanol–water partition coefficient (Wildman–Crippen LogP) is 6.10. The van der Waals surface area contributed by atoms with Crippen molar-refractivity contribution < 1.29 is 23.9 Å². The highest BCUT2D eigenvalue weighted by atomic mass is 35.5. The molecule has 8 nitrogen and oxygen atoms in total. The normalized spacial score (nSPS) is 15.8. The summed E-state index contributed by atoms with van der Waals surface area (Å²) in [5.74, 6) is 0.133. The van der Waals surface area contributed by atoms with E-state index in [1.54, 1.807) is 24.3 Å². The maximum absolute atomic E-state index is 13.3. The molecule has 2 aliphatic heterocycles. The van der Waals surface area contributed by atoms with Crippen LogP contribution in [0.1, 0.15) is 16.8 Å². The lowest BCUT2D eigenvalue weighted by Gasteiger charge is -2.19. The van der Waals surface area contributed by atoms with Gasteiger partial charge >= 0.3 is 0 Å². The van der Waals surface area contributed by atoms with Crippen LogP contribution in [0.4, 0.5) is 10.5 Å². The Hall–Kier alpha value is -4.21. The second-order valence-corrected chi connectivity index (χ2v) is 10.8. The molecule has 0 radical (unpaired) electrons. The van der Waals surface area contributed by atoms with E-state index in [9.17, 15) is 14.4 Å². The fourth-order valence-corrected chi connectivity index (χ4v) is 5.89. The molecular formula is C30H24ClN3O5S. The lowest BCUT2D eigenvalue weighted by Crippen LogP contribution is -2.36. The van der Waals surface area contributed by atoms with Crippen LogP contribution in [0.15, 0.2) is 71.6 Å². The first-order chi connectivity index (χ1) is 19.4. The summed E-state index contributed by atoms with van der Waals surface area (Å²) in [6.45, 7) is 3.03. The smallest absolute Gasteiger partial charge is 0.294 e. The summed E-state index contributed by atoms with van der Waals surface area (Å²) in [5.41, 5.74) is 4.23. The number of nitrogens with one attached hydrogen (secondary N) is 1. The first-order valence-corrected chi connectivity index (χ1v) is 13.8. The molecule has 0 spiro atoms. The third-order valence-electron chi connectivity index (χ3n) is 6.84. The molecular weight excluding hydrogens is 550 g/mol. The Morgan fingerprint density at radius 2 is 1.77 bits per heavy atom. The van der Waals surface area contributed by atoms with Gasteiger partial charge in [0.2, 0.25) is 5.91 Å². The number of thioether (sulfide) groups is 1. The van der Waals surface area contributed by atoms with Crippen LogP contribution in [-0.2, 0) is 16.1 Å². The zero-order chi connectivity index (χ0) is 27.8. The lowest BCUT2D eigenvalue weighted by molar-refractivity contribution is -0.127. The summed E-state index contributed by atoms with van der Waals surface area (Å²) < 4.78 is 13.2. The Kier molecular flexibility index (Phi) is 7.00. The number of carbonyl (C=O) groups excluding carboxylic acids is 3. The minimum Gasteiger partial charge on any atom is -0.486 e. The number of ether oxygens (including phenoxy) is 2. The van der Waals surface area contributed by atoms with Gasteiger partial charge in [0.25, 0.3) is 11.1 Å². The van der Waals surface area contributed by atoms with Crippen molar-refractivity contribution in [2.24, 2.45) is 0 Å². The molecule has 1 fully saturated rings. The van der Waals surface area contributed by atoms with Crippen molar-refractivity contribution in [1.82, 2.24) is 9.47 Å². The Labute approximate surface area is 239 Å². The molecule has 40 heavy (non-hydrogen) atoms. The summed E-state index contributed by atoms with van der Waals surface area (Å²) in [5, 5.41) is 3.86. The van der Waals surface area contributed by atoms with E-state index in [2.05, 4.69) is 9.88 Å². The highest BCUT2D eigenvalue weighted by Gasteiger charge is 2.36. The second-order valence-electron chi connectivity index (χ2n) is 9.37. The van der Waals surface area contributed by atoms with Crippen LogP contribution < -0.4 is 14.8 Å². The Balaban J connectivity index is 1.23. The minimum atomic E-state index is -0.505. The second kappa shape index (κ2) is 10.7. The van der Waals surface area contributed by atoms with Gasteiger partial charge in [0, 0.05) is 45.5 Å². The van der Waals surface area contributed by atoms with Gasteiger partial charge in [-0.15, -0.1) is 0 Å². The standard InChI is InChI=1S/C30H24ClN3O5S/c1-18-22(21-7-3-5-9-24(21)33(18)16-19-6-2-4-8-23(19)31)15-27-29(36)34(30(37)40-27)17-28(35)32-20-10-11-25-26(14-20)39-13-12-38-25/h2-11,14-15H,12-13,16-17H2,1H3,(H,32,35)/b27-15-. The van der Waals surface area contributed by atoms with Gasteiger partial charge in [-0.05, 0) is 54.6 Å². The van der Waals surface area contributed by atoms with E-state index in [1.807, 2.05) is 55.5 Å². The molecule has 0 atom stereocenters. The monoisotopic (exact) mass is 573 g/mol. The molecule has 3 heterocycles. The number of anilines is 1. The van der Waals surface area contributed by atoms with Gasteiger partial charge in [0.05, 0.1) is 4.91 Å². The van der Waals surface area contributed by atoms with Crippen molar-refractivity contribution in [2.75, 3.05) is 25.1 Å². The van der Waals surface area contributed by atoms with Crippen molar-refractivity contribution in [2.45, 2.75) is 13.5 Å². The average Bonchev–Trinajstić information content (AvgIpc) is 3.37. The number of benzene rings is 3. The molecule has 4 aromatic rings. The van der Waals surface area contributed by atoms with E-state index in [0.717, 1.165) is 44.4 Å². The molecule has 6 rings (SSSR count). The average molecular weight is 574 g/mol. The number of nitrogens with zero attached hydrogens (tertiary/aromatic N) is 2. The zero-order valence-corrected chi connectivity index (χ0v) is 23.1. The maximum atomic E-state index is 13.3. The largest absolute Gasteiger partial charge is 0.486 e. The van der Waals surface area contributed by atoms with Crippen molar-refractivity contribution >= 4 is 63.1 Å². The van der Waals surface area contributed by atoms with Crippen LogP contribution in [0.25, 0.3) is 17.0 Å². The summed E-state index contributed by atoms with van der Waals surface area (Å²) in [4.78, 5) is 40.0.